The molecule has 2 aromatic rings. The Morgan fingerprint density at radius 3 is 2.72 bits per heavy atom. The number of fused-ring (bicyclic) bond motifs is 3. The molecule has 0 bridgehead atoms. The summed E-state index contributed by atoms with van der Waals surface area (Å²) in [5, 5.41) is 28.1. The summed E-state index contributed by atoms with van der Waals surface area (Å²) >= 11 is 6.18. The van der Waals surface area contributed by atoms with E-state index in [1.54, 1.807) is 0 Å². The average Bonchev–Trinajstić information content (AvgIpc) is 3.04. The van der Waals surface area contributed by atoms with Crippen LogP contribution >= 0.6 is 11.6 Å². The zero-order valence-electron chi connectivity index (χ0n) is 16.3. The van der Waals surface area contributed by atoms with Crippen molar-refractivity contribution in [2.75, 3.05) is 6.61 Å². The molecule has 1 atom stereocenters. The second kappa shape index (κ2) is 8.30. The molecule has 4 rings (SSSR count). The van der Waals surface area contributed by atoms with Crippen LogP contribution in [0.1, 0.15) is 55.7 Å². The number of amides is 1. The number of carboxylic acid groups (broad SMARTS) is 1. The largest absolute Gasteiger partial charge is 0.465 e. The van der Waals surface area contributed by atoms with Crippen LogP contribution in [0.2, 0.25) is 5.02 Å². The molecular weight excluding hydrogens is 396 g/mol. The van der Waals surface area contributed by atoms with Gasteiger partial charge in [-0.15, -0.1) is 10.2 Å². The van der Waals surface area contributed by atoms with Crippen molar-refractivity contribution in [1.82, 2.24) is 19.7 Å². The van der Waals surface area contributed by atoms with Crippen LogP contribution in [0.5, 0.6) is 0 Å². The Balaban J connectivity index is 1.63. The van der Waals surface area contributed by atoms with Gasteiger partial charge in [0.25, 0.3) is 0 Å². The standard InChI is InChI=1S/C20H25ClN4O4/c1-12(11-26)29-16-5-2-13(3-6-16)19-23-22-18-10-24(20(27)28)9-14-8-15(21)4-7-17(14)25(18)19/h4,7-8,12-13,16,26H,2-3,5-6,9-11H2,1H3,(H,27,28)/t12?,13-,16-. The summed E-state index contributed by atoms with van der Waals surface area (Å²) in [6.45, 7) is 2.34. The lowest BCUT2D eigenvalue weighted by Crippen LogP contribution is -2.28. The van der Waals surface area contributed by atoms with Gasteiger partial charge in [-0.25, -0.2) is 4.79 Å². The minimum absolute atomic E-state index is 0.0248. The quantitative estimate of drug-likeness (QED) is 0.786. The minimum atomic E-state index is -0.996. The van der Waals surface area contributed by atoms with E-state index in [0.717, 1.165) is 42.8 Å². The first kappa shape index (κ1) is 20.1. The molecule has 1 aliphatic heterocycles. The van der Waals surface area contributed by atoms with E-state index in [1.165, 1.54) is 4.90 Å². The predicted octanol–water partition coefficient (Wildman–Crippen LogP) is 3.34. The van der Waals surface area contributed by atoms with E-state index in [4.69, 9.17) is 16.3 Å². The molecule has 9 heteroatoms. The summed E-state index contributed by atoms with van der Waals surface area (Å²) in [6, 6.07) is 5.54. The maximum absolute atomic E-state index is 11.7. The third-order valence-corrected chi connectivity index (χ3v) is 5.96. The van der Waals surface area contributed by atoms with Crippen molar-refractivity contribution in [3.05, 3.63) is 40.4 Å². The van der Waals surface area contributed by atoms with Gasteiger partial charge in [0.15, 0.2) is 5.82 Å². The molecule has 1 unspecified atom stereocenters. The highest BCUT2D eigenvalue weighted by Crippen LogP contribution is 2.37. The van der Waals surface area contributed by atoms with Gasteiger partial charge in [-0.1, -0.05) is 11.6 Å². The monoisotopic (exact) mass is 420 g/mol. The van der Waals surface area contributed by atoms with E-state index >= 15 is 0 Å². The number of nitrogens with zero attached hydrogens (tertiary/aromatic N) is 4. The average molecular weight is 421 g/mol. The van der Waals surface area contributed by atoms with E-state index in [0.29, 0.717) is 10.8 Å². The van der Waals surface area contributed by atoms with Crippen LogP contribution < -0.4 is 0 Å². The molecule has 0 radical (unpaired) electrons. The van der Waals surface area contributed by atoms with E-state index in [1.807, 2.05) is 29.7 Å². The van der Waals surface area contributed by atoms with Crippen LogP contribution in [0.15, 0.2) is 18.2 Å². The van der Waals surface area contributed by atoms with Gasteiger partial charge in [0.2, 0.25) is 0 Å². The van der Waals surface area contributed by atoms with Crippen molar-refractivity contribution < 1.29 is 19.7 Å². The predicted molar refractivity (Wildman–Crippen MR) is 106 cm³/mol. The van der Waals surface area contributed by atoms with Gasteiger partial charge in [-0.2, -0.15) is 0 Å². The highest BCUT2D eigenvalue weighted by molar-refractivity contribution is 6.30. The summed E-state index contributed by atoms with van der Waals surface area (Å²) in [4.78, 5) is 13.0. The van der Waals surface area contributed by atoms with E-state index in [-0.39, 0.29) is 37.8 Å². The van der Waals surface area contributed by atoms with Gasteiger partial charge < -0.3 is 14.9 Å². The van der Waals surface area contributed by atoms with Crippen molar-refractivity contribution in [2.24, 2.45) is 0 Å². The number of rotatable bonds is 4. The van der Waals surface area contributed by atoms with E-state index in [9.17, 15) is 15.0 Å². The third kappa shape index (κ3) is 4.10. The second-order valence-electron chi connectivity index (χ2n) is 7.82. The molecule has 1 aliphatic carbocycles. The molecule has 2 heterocycles. The summed E-state index contributed by atoms with van der Waals surface area (Å²) in [5.41, 5.74) is 1.73. The Kier molecular flexibility index (Phi) is 5.76. The molecule has 1 aromatic heterocycles. The van der Waals surface area contributed by atoms with Crippen molar-refractivity contribution in [3.8, 4) is 5.69 Å². The number of hydrogen-bond donors (Lipinski definition) is 2. The fourth-order valence-electron chi connectivity index (χ4n) is 4.25. The Morgan fingerprint density at radius 2 is 2.03 bits per heavy atom. The van der Waals surface area contributed by atoms with Crippen molar-refractivity contribution >= 4 is 17.7 Å². The van der Waals surface area contributed by atoms with Crippen LogP contribution in [0, 0.1) is 0 Å². The summed E-state index contributed by atoms with van der Waals surface area (Å²) in [5.74, 6) is 1.71. The number of aliphatic hydroxyl groups excluding tert-OH is 1. The van der Waals surface area contributed by atoms with Crippen LogP contribution in [0.3, 0.4) is 0 Å². The van der Waals surface area contributed by atoms with E-state index in [2.05, 4.69) is 10.2 Å². The molecule has 29 heavy (non-hydrogen) atoms. The normalized spacial score (nSPS) is 22.5. The fourth-order valence-corrected chi connectivity index (χ4v) is 4.45. The molecule has 156 valence electrons. The zero-order chi connectivity index (χ0) is 20.5. The van der Waals surface area contributed by atoms with Crippen LogP contribution in [0.25, 0.3) is 5.69 Å². The summed E-state index contributed by atoms with van der Waals surface area (Å²) in [6.07, 6.45) is 2.61. The maximum atomic E-state index is 11.7. The number of aromatic nitrogens is 3. The number of aliphatic hydroxyl groups is 1. The Labute approximate surface area is 174 Å². The lowest BCUT2D eigenvalue weighted by atomic mass is 9.86. The minimum Gasteiger partial charge on any atom is -0.465 e. The molecule has 1 fully saturated rings. The molecule has 8 nitrogen and oxygen atoms in total. The van der Waals surface area contributed by atoms with Crippen LogP contribution in [0.4, 0.5) is 4.79 Å². The number of halogens is 1. The molecule has 2 aliphatic rings. The van der Waals surface area contributed by atoms with Gasteiger partial charge in [-0.3, -0.25) is 9.47 Å². The first-order chi connectivity index (χ1) is 14.0. The summed E-state index contributed by atoms with van der Waals surface area (Å²) < 4.78 is 7.88. The smallest absolute Gasteiger partial charge is 0.408 e. The lowest BCUT2D eigenvalue weighted by molar-refractivity contribution is -0.0460. The number of benzene rings is 1. The molecule has 0 saturated heterocycles. The highest BCUT2D eigenvalue weighted by Gasteiger charge is 2.32. The van der Waals surface area contributed by atoms with Gasteiger partial charge in [0.1, 0.15) is 5.82 Å². The molecule has 1 amide bonds. The first-order valence-electron chi connectivity index (χ1n) is 9.93. The lowest BCUT2D eigenvalue weighted by Gasteiger charge is -2.30. The Bertz CT molecular complexity index is 895. The van der Waals surface area contributed by atoms with Crippen LogP contribution in [-0.2, 0) is 17.8 Å². The number of carbonyl (C=O) groups is 1. The molecule has 0 spiro atoms. The molecule has 1 aromatic carbocycles. The van der Waals surface area contributed by atoms with Gasteiger partial charge >= 0.3 is 6.09 Å². The number of ether oxygens (including phenoxy) is 1. The van der Waals surface area contributed by atoms with E-state index < -0.39 is 6.09 Å². The Hall–Kier alpha value is -2.16. The van der Waals surface area contributed by atoms with Gasteiger partial charge in [-0.05, 0) is 56.4 Å². The molecular formula is C20H25ClN4O4. The molecule has 2 N–H and O–H groups in total. The maximum Gasteiger partial charge on any atom is 0.408 e. The number of hydrogen-bond acceptors (Lipinski definition) is 5. The first-order valence-corrected chi connectivity index (χ1v) is 10.3. The van der Waals surface area contributed by atoms with Crippen LogP contribution in [-0.4, -0.2) is 54.8 Å². The topological polar surface area (TPSA) is 101 Å². The van der Waals surface area contributed by atoms with Crippen molar-refractivity contribution in [1.29, 1.82) is 0 Å². The second-order valence-corrected chi connectivity index (χ2v) is 8.26. The van der Waals surface area contributed by atoms with Gasteiger partial charge in [0.05, 0.1) is 37.6 Å². The highest BCUT2D eigenvalue weighted by atomic mass is 35.5. The SMILES string of the molecule is CC(CO)O[C@H]1CC[C@H](c2nnc3n2-c2ccc(Cl)cc2CN(C(=O)O)C3)CC1. The zero-order valence-corrected chi connectivity index (χ0v) is 17.0. The molecule has 1 saturated carbocycles. The fraction of sp³-hybridized carbons (Fsp3) is 0.550. The Morgan fingerprint density at radius 1 is 1.28 bits per heavy atom. The van der Waals surface area contributed by atoms with Gasteiger partial charge in [0, 0.05) is 10.9 Å². The van der Waals surface area contributed by atoms with Crippen molar-refractivity contribution in [3.63, 3.8) is 0 Å². The third-order valence-electron chi connectivity index (χ3n) is 5.72. The summed E-state index contributed by atoms with van der Waals surface area (Å²) in [7, 11) is 0. The van der Waals surface area contributed by atoms with Crippen molar-refractivity contribution in [2.45, 2.75) is 63.8 Å².